The summed E-state index contributed by atoms with van der Waals surface area (Å²) in [6, 6.07) is 14.6. The Balaban J connectivity index is 1.12. The first-order valence-corrected chi connectivity index (χ1v) is 15.6. The van der Waals surface area contributed by atoms with Crippen molar-refractivity contribution in [2.45, 2.75) is 63.8 Å². The highest BCUT2D eigenvalue weighted by atomic mass is 32.2. The van der Waals surface area contributed by atoms with Gasteiger partial charge in [0.25, 0.3) is 11.1 Å². The molecule has 6 aliphatic rings. The lowest BCUT2D eigenvalue weighted by Gasteiger charge is -2.57. The van der Waals surface area contributed by atoms with Crippen LogP contribution in [0.15, 0.2) is 47.4 Å². The van der Waals surface area contributed by atoms with E-state index in [0.717, 1.165) is 57.7 Å². The Morgan fingerprint density at radius 2 is 1.73 bits per heavy atom. The summed E-state index contributed by atoms with van der Waals surface area (Å²) < 4.78 is 5.96. The average Bonchev–Trinajstić information content (AvgIpc) is 3.20. The molecule has 2 aromatic rings. The molecule has 0 N–H and O–H groups in total. The first-order chi connectivity index (χ1) is 19.4. The van der Waals surface area contributed by atoms with Crippen molar-refractivity contribution < 1.29 is 19.1 Å². The van der Waals surface area contributed by atoms with Crippen LogP contribution in [-0.2, 0) is 28.0 Å². The Morgan fingerprint density at radius 3 is 2.42 bits per heavy atom. The van der Waals surface area contributed by atoms with Crippen molar-refractivity contribution in [2.75, 3.05) is 19.7 Å². The number of amides is 3. The normalized spacial score (nSPS) is 29.8. The Hall–Kier alpha value is -3.06. The van der Waals surface area contributed by atoms with Gasteiger partial charge in [0, 0.05) is 18.7 Å². The average molecular weight is 557 g/mol. The number of carbonyl (C=O) groups is 3. The second-order valence-corrected chi connectivity index (χ2v) is 13.5. The Bertz CT molecular complexity index is 1380. The molecule has 1 saturated heterocycles. The van der Waals surface area contributed by atoms with Gasteiger partial charge in [0.05, 0.1) is 11.5 Å². The molecule has 2 aliphatic heterocycles. The first kappa shape index (κ1) is 25.9. The van der Waals surface area contributed by atoms with Crippen LogP contribution in [0.2, 0.25) is 0 Å². The minimum Gasteiger partial charge on any atom is -0.493 e. The molecule has 0 unspecified atom stereocenters. The van der Waals surface area contributed by atoms with Crippen LogP contribution >= 0.6 is 11.8 Å². The standard InChI is InChI=1S/C33H36N2O4S/c1-2-39-28-8-7-27(33-16-21-11-22(17-33)13-23(12-21)18-33)14-26(28)15-29-31(37)35(32(38)40-29)20-30(36)34-10-9-24-5-3-4-6-25(24)19-34/h3-8,14-15,21-23H,2,9-13,16-20H2,1H3/b29-15+. The summed E-state index contributed by atoms with van der Waals surface area (Å²) in [5, 5.41) is -0.391. The lowest BCUT2D eigenvalue weighted by molar-refractivity contribution is -0.136. The summed E-state index contributed by atoms with van der Waals surface area (Å²) in [6.45, 7) is 3.35. The van der Waals surface area contributed by atoms with Crippen LogP contribution in [0.25, 0.3) is 6.08 Å². The van der Waals surface area contributed by atoms with Gasteiger partial charge in [0.2, 0.25) is 5.91 Å². The number of carbonyl (C=O) groups excluding carboxylic acids is 3. The molecule has 2 heterocycles. The Labute approximate surface area is 240 Å². The fraction of sp³-hybridized carbons (Fsp3) is 0.485. The van der Waals surface area contributed by atoms with Gasteiger partial charge in [-0.25, -0.2) is 0 Å². The molecular formula is C33H36N2O4S. The maximum Gasteiger partial charge on any atom is 0.294 e. The minimum absolute atomic E-state index is 0.197. The molecule has 2 aromatic carbocycles. The third-order valence-electron chi connectivity index (χ3n) is 9.90. The number of hydrogen-bond donors (Lipinski definition) is 0. The molecule has 4 aliphatic carbocycles. The van der Waals surface area contributed by atoms with Gasteiger partial charge < -0.3 is 9.64 Å². The van der Waals surface area contributed by atoms with E-state index in [9.17, 15) is 14.4 Å². The number of nitrogens with zero attached hydrogens (tertiary/aromatic N) is 2. The second kappa shape index (κ2) is 10.1. The Morgan fingerprint density at radius 1 is 1.02 bits per heavy atom. The summed E-state index contributed by atoms with van der Waals surface area (Å²) in [5.74, 6) is 2.64. The van der Waals surface area contributed by atoms with Crippen molar-refractivity contribution >= 4 is 34.9 Å². The number of thioether (sulfide) groups is 1. The summed E-state index contributed by atoms with van der Waals surface area (Å²) in [7, 11) is 0. The minimum atomic E-state index is -0.400. The van der Waals surface area contributed by atoms with Crippen molar-refractivity contribution in [2.24, 2.45) is 17.8 Å². The van der Waals surface area contributed by atoms with Gasteiger partial charge >= 0.3 is 0 Å². The van der Waals surface area contributed by atoms with E-state index in [-0.39, 0.29) is 17.9 Å². The summed E-state index contributed by atoms with van der Waals surface area (Å²) in [5.41, 5.74) is 4.79. The lowest BCUT2D eigenvalue weighted by Crippen LogP contribution is -2.48. The summed E-state index contributed by atoms with van der Waals surface area (Å²) in [6.07, 6.45) is 10.5. The van der Waals surface area contributed by atoms with Gasteiger partial charge in [-0.05, 0) is 122 Å². The SMILES string of the molecule is CCOc1ccc(C23CC4CC(CC(C4)C2)C3)cc1/C=C1/SC(=O)N(CC(=O)N2CCc3ccccc3C2)C1=O. The number of hydrogen-bond acceptors (Lipinski definition) is 5. The number of fused-ring (bicyclic) bond motifs is 1. The van der Waals surface area contributed by atoms with E-state index in [0.29, 0.717) is 24.6 Å². The third kappa shape index (κ3) is 4.56. The van der Waals surface area contributed by atoms with Crippen molar-refractivity contribution in [1.29, 1.82) is 0 Å². The van der Waals surface area contributed by atoms with Crippen molar-refractivity contribution in [3.8, 4) is 5.75 Å². The molecule has 8 rings (SSSR count). The number of ether oxygens (including phenoxy) is 1. The van der Waals surface area contributed by atoms with Gasteiger partial charge in [-0.15, -0.1) is 0 Å². The quantitative estimate of drug-likeness (QED) is 0.398. The predicted octanol–water partition coefficient (Wildman–Crippen LogP) is 6.17. The maximum absolute atomic E-state index is 13.4. The van der Waals surface area contributed by atoms with E-state index in [1.165, 1.54) is 49.7 Å². The molecule has 4 bridgehead atoms. The molecule has 0 aromatic heterocycles. The predicted molar refractivity (Wildman–Crippen MR) is 156 cm³/mol. The lowest BCUT2D eigenvalue weighted by atomic mass is 9.48. The molecule has 4 saturated carbocycles. The fourth-order valence-corrected chi connectivity index (χ4v) is 9.29. The van der Waals surface area contributed by atoms with Gasteiger partial charge in [0.1, 0.15) is 12.3 Å². The molecule has 3 amide bonds. The molecular weight excluding hydrogens is 520 g/mol. The molecule has 208 valence electrons. The molecule has 7 heteroatoms. The van der Waals surface area contributed by atoms with Crippen LogP contribution in [0.3, 0.4) is 0 Å². The number of imide groups is 1. The fourth-order valence-electron chi connectivity index (χ4n) is 8.46. The second-order valence-electron chi connectivity index (χ2n) is 12.5. The largest absolute Gasteiger partial charge is 0.493 e. The summed E-state index contributed by atoms with van der Waals surface area (Å²) in [4.78, 5) is 42.7. The van der Waals surface area contributed by atoms with E-state index in [1.807, 2.05) is 37.3 Å². The van der Waals surface area contributed by atoms with Crippen LogP contribution < -0.4 is 4.74 Å². The molecule has 0 atom stereocenters. The highest BCUT2D eigenvalue weighted by molar-refractivity contribution is 8.18. The highest BCUT2D eigenvalue weighted by Crippen LogP contribution is 2.61. The van der Waals surface area contributed by atoms with Crippen molar-refractivity contribution in [1.82, 2.24) is 9.80 Å². The molecule has 40 heavy (non-hydrogen) atoms. The van der Waals surface area contributed by atoms with Crippen LogP contribution in [0.4, 0.5) is 4.79 Å². The van der Waals surface area contributed by atoms with Crippen LogP contribution in [0.5, 0.6) is 5.75 Å². The van der Waals surface area contributed by atoms with E-state index in [1.54, 1.807) is 4.90 Å². The zero-order chi connectivity index (χ0) is 27.4. The van der Waals surface area contributed by atoms with Crippen molar-refractivity contribution in [3.63, 3.8) is 0 Å². The molecule has 0 spiro atoms. The van der Waals surface area contributed by atoms with E-state index in [4.69, 9.17) is 4.74 Å². The van der Waals surface area contributed by atoms with Crippen LogP contribution in [-0.4, -0.2) is 46.5 Å². The van der Waals surface area contributed by atoms with Gasteiger partial charge in [-0.3, -0.25) is 19.3 Å². The monoisotopic (exact) mass is 556 g/mol. The summed E-state index contributed by atoms with van der Waals surface area (Å²) >= 11 is 0.918. The topological polar surface area (TPSA) is 66.9 Å². The highest BCUT2D eigenvalue weighted by Gasteiger charge is 2.51. The zero-order valence-corrected chi connectivity index (χ0v) is 23.9. The van der Waals surface area contributed by atoms with Gasteiger partial charge in [0.15, 0.2) is 0 Å². The van der Waals surface area contributed by atoms with E-state index in [2.05, 4.69) is 18.2 Å². The van der Waals surface area contributed by atoms with Gasteiger partial charge in [-0.1, -0.05) is 30.3 Å². The molecule has 0 radical (unpaired) electrons. The number of rotatable bonds is 6. The van der Waals surface area contributed by atoms with E-state index < -0.39 is 11.1 Å². The zero-order valence-electron chi connectivity index (χ0n) is 23.1. The smallest absolute Gasteiger partial charge is 0.294 e. The van der Waals surface area contributed by atoms with Gasteiger partial charge in [-0.2, -0.15) is 0 Å². The molecule has 5 fully saturated rings. The Kier molecular flexibility index (Phi) is 6.53. The van der Waals surface area contributed by atoms with Crippen LogP contribution in [0, 0.1) is 17.8 Å². The van der Waals surface area contributed by atoms with E-state index >= 15 is 0 Å². The van der Waals surface area contributed by atoms with Crippen LogP contribution in [0.1, 0.15) is 67.7 Å². The third-order valence-corrected chi connectivity index (χ3v) is 10.8. The molecule has 6 nitrogen and oxygen atoms in total. The number of benzene rings is 2. The first-order valence-electron chi connectivity index (χ1n) is 14.8. The van der Waals surface area contributed by atoms with Crippen molar-refractivity contribution in [3.05, 3.63) is 69.6 Å². The maximum atomic E-state index is 13.4.